The number of amides is 2. The van der Waals surface area contributed by atoms with Gasteiger partial charge in [-0.25, -0.2) is 13.8 Å². The molecule has 1 aromatic heterocycles. The van der Waals surface area contributed by atoms with E-state index >= 15 is 0 Å². The molecule has 8 nitrogen and oxygen atoms in total. The van der Waals surface area contributed by atoms with Gasteiger partial charge in [0.25, 0.3) is 6.43 Å². The quantitative estimate of drug-likeness (QED) is 0.618. The number of alkyl halides is 2. The van der Waals surface area contributed by atoms with Gasteiger partial charge in [-0.2, -0.15) is 0 Å². The normalized spacial score (nSPS) is 24.6. The lowest BCUT2D eigenvalue weighted by atomic mass is 9.73. The van der Waals surface area contributed by atoms with Crippen LogP contribution in [-0.2, 0) is 21.4 Å². The van der Waals surface area contributed by atoms with Crippen LogP contribution >= 0.6 is 0 Å². The van der Waals surface area contributed by atoms with E-state index in [0.717, 1.165) is 5.56 Å². The number of hydrogen-bond acceptors (Lipinski definition) is 6. The largest absolute Gasteiger partial charge is 0.491 e. The van der Waals surface area contributed by atoms with Crippen molar-refractivity contribution in [2.24, 2.45) is 0 Å². The minimum absolute atomic E-state index is 0.0130. The fraction of sp³-hybridized carbons (Fsp3) is 0.519. The average Bonchev–Trinajstić information content (AvgIpc) is 3.14. The Kier molecular flexibility index (Phi) is 6.11. The number of aliphatic hydroxyl groups excluding tert-OH is 1. The highest BCUT2D eigenvalue weighted by Gasteiger charge is 2.48. The lowest BCUT2D eigenvalue weighted by molar-refractivity contribution is -0.122. The van der Waals surface area contributed by atoms with E-state index in [1.165, 1.54) is 12.1 Å². The number of fused-ring (bicyclic) bond motifs is 3. The van der Waals surface area contributed by atoms with Crippen LogP contribution in [0, 0.1) is 0 Å². The molecule has 0 unspecified atom stereocenters. The summed E-state index contributed by atoms with van der Waals surface area (Å²) in [4.78, 5) is 33.8. The number of pyridine rings is 1. The molecule has 6 rings (SSSR count). The number of benzene rings is 1. The first-order valence-corrected chi connectivity index (χ1v) is 12.9. The van der Waals surface area contributed by atoms with E-state index in [0.29, 0.717) is 87.6 Å². The summed E-state index contributed by atoms with van der Waals surface area (Å²) in [7, 11) is 0. The minimum atomic E-state index is -2.57. The lowest BCUT2D eigenvalue weighted by Gasteiger charge is -2.42. The molecule has 1 aliphatic carbocycles. The smallest absolute Gasteiger partial charge is 0.263 e. The van der Waals surface area contributed by atoms with E-state index in [2.05, 4.69) is 15.2 Å². The van der Waals surface area contributed by atoms with E-state index < -0.39 is 11.8 Å². The van der Waals surface area contributed by atoms with Crippen LogP contribution < -0.4 is 15.0 Å². The number of aryl methyl sites for hydroxylation is 1. The number of carbonyl (C=O) groups excluding carboxylic acids is 2. The van der Waals surface area contributed by atoms with Crippen LogP contribution in [-0.4, -0.2) is 65.2 Å². The number of nitrogens with one attached hydrogen (secondary N) is 1. The Labute approximate surface area is 213 Å². The molecule has 4 aliphatic rings. The van der Waals surface area contributed by atoms with Crippen molar-refractivity contribution in [3.63, 3.8) is 0 Å². The van der Waals surface area contributed by atoms with Gasteiger partial charge in [-0.15, -0.1) is 0 Å². The Morgan fingerprint density at radius 2 is 1.95 bits per heavy atom. The zero-order valence-electron chi connectivity index (χ0n) is 20.5. The Morgan fingerprint density at radius 3 is 2.68 bits per heavy atom. The average molecular weight is 513 g/mol. The number of nitrogens with zero attached hydrogens (tertiary/aromatic N) is 3. The number of aliphatic hydroxyl groups is 1. The third-order valence-electron chi connectivity index (χ3n) is 8.36. The third-order valence-corrected chi connectivity index (χ3v) is 8.36. The van der Waals surface area contributed by atoms with Crippen molar-refractivity contribution in [1.29, 1.82) is 0 Å². The minimum Gasteiger partial charge on any atom is -0.491 e. The molecule has 1 saturated carbocycles. The van der Waals surface area contributed by atoms with Gasteiger partial charge < -0.3 is 15.2 Å². The van der Waals surface area contributed by atoms with Gasteiger partial charge in [-0.1, -0.05) is 6.07 Å². The zero-order chi connectivity index (χ0) is 25.7. The molecule has 0 atom stereocenters. The molecular weight excluding hydrogens is 482 g/mol. The summed E-state index contributed by atoms with van der Waals surface area (Å²) < 4.78 is 32.5. The van der Waals surface area contributed by atoms with Gasteiger partial charge in [0.1, 0.15) is 18.2 Å². The highest BCUT2D eigenvalue weighted by Crippen LogP contribution is 2.46. The number of anilines is 2. The summed E-state index contributed by atoms with van der Waals surface area (Å²) >= 11 is 0. The van der Waals surface area contributed by atoms with Crippen molar-refractivity contribution >= 4 is 23.3 Å². The molecule has 3 aliphatic heterocycles. The molecular formula is C27H30F2N4O4. The highest BCUT2D eigenvalue weighted by molar-refractivity contribution is 6.06. The Balaban J connectivity index is 1.05. The van der Waals surface area contributed by atoms with E-state index in [4.69, 9.17) is 4.74 Å². The molecule has 196 valence electrons. The topological polar surface area (TPSA) is 95.0 Å². The monoisotopic (exact) mass is 512 g/mol. The number of rotatable bonds is 6. The molecule has 0 radical (unpaired) electrons. The van der Waals surface area contributed by atoms with Gasteiger partial charge in [-0.05, 0) is 74.5 Å². The summed E-state index contributed by atoms with van der Waals surface area (Å²) in [6, 6.07) is 6.40. The van der Waals surface area contributed by atoms with Crippen molar-refractivity contribution < 1.29 is 28.2 Å². The van der Waals surface area contributed by atoms with Gasteiger partial charge in [0.05, 0.1) is 17.7 Å². The van der Waals surface area contributed by atoms with E-state index in [9.17, 15) is 23.5 Å². The molecule has 2 amide bonds. The van der Waals surface area contributed by atoms with Crippen LogP contribution in [0.3, 0.4) is 0 Å². The summed E-state index contributed by atoms with van der Waals surface area (Å²) in [5.41, 5.74) is 1.50. The summed E-state index contributed by atoms with van der Waals surface area (Å²) in [6.07, 6.45) is 2.09. The number of carbonyl (C=O) groups is 2. The molecule has 4 heterocycles. The summed E-state index contributed by atoms with van der Waals surface area (Å²) in [6.45, 7) is 2.45. The van der Waals surface area contributed by atoms with Crippen LogP contribution in [0.4, 0.5) is 20.3 Å². The van der Waals surface area contributed by atoms with Crippen molar-refractivity contribution in [2.75, 3.05) is 36.5 Å². The van der Waals surface area contributed by atoms with Gasteiger partial charge >= 0.3 is 0 Å². The number of ether oxygens (including phenoxy) is 1. The number of aromatic nitrogens is 1. The number of likely N-dealkylation sites (tertiary alicyclic amines) is 1. The number of halogens is 2. The second-order valence-electron chi connectivity index (χ2n) is 10.5. The third kappa shape index (κ3) is 4.25. The van der Waals surface area contributed by atoms with Crippen LogP contribution in [0.5, 0.6) is 5.75 Å². The van der Waals surface area contributed by atoms with Crippen molar-refractivity contribution in [1.82, 2.24) is 9.88 Å². The second kappa shape index (κ2) is 9.33. The van der Waals surface area contributed by atoms with E-state index in [1.54, 1.807) is 17.2 Å². The van der Waals surface area contributed by atoms with Crippen molar-refractivity contribution in [3.05, 3.63) is 47.2 Å². The zero-order valence-corrected chi connectivity index (χ0v) is 20.5. The maximum absolute atomic E-state index is 13.3. The van der Waals surface area contributed by atoms with Gasteiger partial charge in [0.2, 0.25) is 11.8 Å². The standard InChI is InChI=1S/C27H30F2N4O4/c28-24(29)16-1-3-22-21(12-16)27(26(36)31-22)5-7-32(8-6-27)9-10-37-20-11-17-2-4-23(35)33(25(17)30-15-20)18-13-19(34)14-18/h1,3,11-12,15,18-19,24,34H,2,4-10,13-14H2,(H,31,36)/t18-,19+. The van der Waals surface area contributed by atoms with Crippen molar-refractivity contribution in [2.45, 2.75) is 62.5 Å². The first-order valence-electron chi connectivity index (χ1n) is 12.9. The van der Waals surface area contributed by atoms with Gasteiger partial charge in [0.15, 0.2) is 0 Å². The Hall–Kier alpha value is -3.11. The molecule has 0 bridgehead atoms. The van der Waals surface area contributed by atoms with Crippen molar-refractivity contribution in [3.8, 4) is 5.75 Å². The molecule has 1 spiro atoms. The molecule has 2 fully saturated rings. The predicted molar refractivity (Wildman–Crippen MR) is 132 cm³/mol. The molecule has 10 heteroatoms. The highest BCUT2D eigenvalue weighted by atomic mass is 19.3. The Morgan fingerprint density at radius 1 is 1.16 bits per heavy atom. The maximum atomic E-state index is 13.3. The first kappa shape index (κ1) is 24.2. The lowest BCUT2D eigenvalue weighted by Crippen LogP contribution is -2.52. The van der Waals surface area contributed by atoms with Crippen LogP contribution in [0.1, 0.15) is 55.2 Å². The second-order valence-corrected chi connectivity index (χ2v) is 10.5. The predicted octanol–water partition coefficient (Wildman–Crippen LogP) is 3.19. The molecule has 1 aromatic carbocycles. The molecule has 2 N–H and O–H groups in total. The van der Waals surface area contributed by atoms with E-state index in [-0.39, 0.29) is 29.5 Å². The number of piperidine rings is 1. The van der Waals surface area contributed by atoms with Crippen LogP contribution in [0.25, 0.3) is 0 Å². The fourth-order valence-electron chi connectivity index (χ4n) is 6.10. The van der Waals surface area contributed by atoms with E-state index in [1.807, 2.05) is 6.07 Å². The summed E-state index contributed by atoms with van der Waals surface area (Å²) in [5, 5.41) is 12.5. The van der Waals surface area contributed by atoms with Gasteiger partial charge in [0, 0.05) is 30.3 Å². The summed E-state index contributed by atoms with van der Waals surface area (Å²) in [5.74, 6) is 1.28. The van der Waals surface area contributed by atoms with Gasteiger partial charge in [-0.3, -0.25) is 19.4 Å². The van der Waals surface area contributed by atoms with Crippen LogP contribution in [0.15, 0.2) is 30.5 Å². The first-order chi connectivity index (χ1) is 17.8. The van der Waals surface area contributed by atoms with Crippen LogP contribution in [0.2, 0.25) is 0 Å². The fourth-order valence-corrected chi connectivity index (χ4v) is 6.10. The molecule has 37 heavy (non-hydrogen) atoms. The maximum Gasteiger partial charge on any atom is 0.263 e. The number of hydrogen-bond donors (Lipinski definition) is 2. The molecule has 1 saturated heterocycles. The SMILES string of the molecule is O=C1CCc2cc(OCCN3CCC4(CC3)C(=O)Nc3ccc(C(F)F)cc34)cnc2N1[C@H]1C[C@@H](O)C1. The molecule has 2 aromatic rings. The Bertz CT molecular complexity index is 1220.